The van der Waals surface area contributed by atoms with Gasteiger partial charge in [0.15, 0.2) is 22.4 Å². The molecule has 0 saturated carbocycles. The summed E-state index contributed by atoms with van der Waals surface area (Å²) in [5, 5.41) is 12.2. The summed E-state index contributed by atoms with van der Waals surface area (Å²) >= 11 is 1.27. The minimum atomic E-state index is -1.01. The highest BCUT2D eigenvalue weighted by atomic mass is 32.1. The van der Waals surface area contributed by atoms with Gasteiger partial charge in [-0.1, -0.05) is 36.8 Å². The molecule has 0 aliphatic carbocycles. The number of thiazole rings is 1. The Morgan fingerprint density at radius 2 is 1.76 bits per heavy atom. The van der Waals surface area contributed by atoms with E-state index in [1.165, 1.54) is 16.2 Å². The van der Waals surface area contributed by atoms with Crippen LogP contribution in [0.4, 0.5) is 5.13 Å². The Morgan fingerprint density at radius 3 is 2.50 bits per heavy atom. The topological polar surface area (TPSA) is 115 Å². The first-order chi connectivity index (χ1) is 22.3. The smallest absolute Gasteiger partial charge is 0.301 e. The number of nitrogens with zero attached hydrogens (tertiary/aromatic N) is 4. The lowest BCUT2D eigenvalue weighted by molar-refractivity contribution is -0.132. The SMILES string of the molecule is CCCCOc1ccc(C2C(=C(O)c3nc4c(C)cccn4c3C)C(=O)C(=O)N2c2nc3ccc(OCC)cc3s2)cc1OCC. The molecule has 0 spiro atoms. The lowest BCUT2D eigenvalue weighted by Gasteiger charge is -2.24. The highest BCUT2D eigenvalue weighted by molar-refractivity contribution is 7.22. The van der Waals surface area contributed by atoms with E-state index in [2.05, 4.69) is 6.92 Å². The normalized spacial score (nSPS) is 16.1. The van der Waals surface area contributed by atoms with Crippen molar-refractivity contribution in [2.24, 2.45) is 0 Å². The van der Waals surface area contributed by atoms with Gasteiger partial charge in [-0.25, -0.2) is 9.97 Å². The third kappa shape index (κ3) is 5.44. The predicted molar refractivity (Wildman–Crippen MR) is 178 cm³/mol. The average molecular weight is 641 g/mol. The molecule has 0 bridgehead atoms. The molecule has 1 unspecified atom stereocenters. The van der Waals surface area contributed by atoms with Crippen LogP contribution in [0.3, 0.4) is 0 Å². The highest BCUT2D eigenvalue weighted by Crippen LogP contribution is 2.46. The summed E-state index contributed by atoms with van der Waals surface area (Å²) in [7, 11) is 0. The zero-order valence-corrected chi connectivity index (χ0v) is 27.3. The second kappa shape index (κ2) is 12.8. The van der Waals surface area contributed by atoms with Crippen LogP contribution in [0.15, 0.2) is 60.3 Å². The standard InChI is InChI=1S/C35H36N4O6S/c1-6-9-17-45-25-15-12-22(18-26(25)44-8-3)30-28(31(40)29-21(5)38-16-10-11-20(4)33(38)37-29)32(41)34(42)39(30)35-36-24-14-13-23(43-7-2)19-27(24)46-35/h10-16,18-19,30,40H,6-9,17H2,1-5H3. The van der Waals surface area contributed by atoms with Gasteiger partial charge < -0.3 is 23.7 Å². The van der Waals surface area contributed by atoms with Gasteiger partial charge in [-0.3, -0.25) is 14.5 Å². The molecule has 46 heavy (non-hydrogen) atoms. The van der Waals surface area contributed by atoms with Crippen molar-refractivity contribution in [2.45, 2.75) is 53.5 Å². The van der Waals surface area contributed by atoms with E-state index in [0.29, 0.717) is 64.6 Å². The molecule has 1 fully saturated rings. The first-order valence-corrected chi connectivity index (χ1v) is 16.3. The lowest BCUT2D eigenvalue weighted by atomic mass is 9.96. The van der Waals surface area contributed by atoms with E-state index in [1.807, 2.05) is 68.6 Å². The molecule has 6 rings (SSSR count). The number of hydrogen-bond donors (Lipinski definition) is 1. The van der Waals surface area contributed by atoms with Crippen molar-refractivity contribution in [3.63, 3.8) is 0 Å². The van der Waals surface area contributed by atoms with Gasteiger partial charge in [0.05, 0.1) is 47.3 Å². The number of Topliss-reactive ketones (excluding diaryl/α,β-unsaturated/α-hetero) is 1. The molecular weight excluding hydrogens is 604 g/mol. The van der Waals surface area contributed by atoms with Gasteiger partial charge in [-0.05, 0) is 81.6 Å². The number of aromatic nitrogens is 3. The van der Waals surface area contributed by atoms with Gasteiger partial charge in [0.1, 0.15) is 17.1 Å². The number of aliphatic hydroxyl groups excluding tert-OH is 1. The third-order valence-electron chi connectivity index (χ3n) is 7.96. The van der Waals surface area contributed by atoms with E-state index in [1.54, 1.807) is 18.2 Å². The van der Waals surface area contributed by atoms with Crippen molar-refractivity contribution >= 4 is 49.8 Å². The first-order valence-electron chi connectivity index (χ1n) is 15.5. The molecular formula is C35H36N4O6S. The van der Waals surface area contributed by atoms with Crippen LogP contribution in [0.5, 0.6) is 17.2 Å². The van der Waals surface area contributed by atoms with Crippen LogP contribution in [-0.2, 0) is 9.59 Å². The maximum atomic E-state index is 13.9. The fourth-order valence-corrected chi connectivity index (χ4v) is 6.70. The Kier molecular flexibility index (Phi) is 8.68. The van der Waals surface area contributed by atoms with Gasteiger partial charge in [-0.2, -0.15) is 0 Å². The summed E-state index contributed by atoms with van der Waals surface area (Å²) < 4.78 is 20.3. The number of carbonyl (C=O) groups excluding carboxylic acids is 2. The van der Waals surface area contributed by atoms with Crippen LogP contribution in [0.1, 0.15) is 62.2 Å². The Labute approximate surface area is 270 Å². The number of aryl methyl sites for hydroxylation is 2. The second-order valence-corrected chi connectivity index (χ2v) is 12.0. The van der Waals surface area contributed by atoms with Crippen LogP contribution in [0.25, 0.3) is 21.6 Å². The van der Waals surface area contributed by atoms with Crippen molar-refractivity contribution in [3.05, 3.63) is 82.8 Å². The van der Waals surface area contributed by atoms with Gasteiger partial charge in [0.25, 0.3) is 5.78 Å². The lowest BCUT2D eigenvalue weighted by Crippen LogP contribution is -2.29. The quantitative estimate of drug-likeness (QED) is 0.0700. The molecule has 2 aromatic carbocycles. The number of benzene rings is 2. The Bertz CT molecular complexity index is 1990. The molecule has 238 valence electrons. The van der Waals surface area contributed by atoms with E-state index < -0.39 is 17.7 Å². The number of carbonyl (C=O) groups is 2. The van der Waals surface area contributed by atoms with Crippen LogP contribution < -0.4 is 19.1 Å². The molecule has 5 aromatic rings. The number of rotatable bonds is 11. The Hall–Kier alpha value is -4.90. The van der Waals surface area contributed by atoms with E-state index in [9.17, 15) is 14.7 Å². The zero-order valence-electron chi connectivity index (χ0n) is 26.5. The van der Waals surface area contributed by atoms with Crippen LogP contribution in [0.2, 0.25) is 0 Å². The summed E-state index contributed by atoms with van der Waals surface area (Å²) in [5.74, 6) is -0.257. The molecule has 11 heteroatoms. The average Bonchev–Trinajstić information content (AvgIpc) is 3.70. The summed E-state index contributed by atoms with van der Waals surface area (Å²) in [6.45, 7) is 11.0. The van der Waals surface area contributed by atoms with Crippen molar-refractivity contribution in [2.75, 3.05) is 24.7 Å². The number of unbranched alkanes of at least 4 members (excludes halogenated alkanes) is 1. The van der Waals surface area contributed by atoms with Gasteiger partial charge in [-0.15, -0.1) is 0 Å². The predicted octanol–water partition coefficient (Wildman–Crippen LogP) is 7.16. The molecule has 4 heterocycles. The number of imidazole rings is 1. The third-order valence-corrected chi connectivity index (χ3v) is 8.97. The summed E-state index contributed by atoms with van der Waals surface area (Å²) in [6, 6.07) is 13.7. The molecule has 1 amide bonds. The number of anilines is 1. The van der Waals surface area contributed by atoms with Crippen LogP contribution in [0, 0.1) is 13.8 Å². The number of ketones is 1. The number of amides is 1. The molecule has 1 aliphatic rings. The van der Waals surface area contributed by atoms with E-state index in [4.69, 9.17) is 24.2 Å². The van der Waals surface area contributed by atoms with Gasteiger partial charge >= 0.3 is 5.91 Å². The fraction of sp³-hybridized carbons (Fsp3) is 0.314. The number of pyridine rings is 1. The van der Waals surface area contributed by atoms with Gasteiger partial charge in [0.2, 0.25) is 0 Å². The maximum Gasteiger partial charge on any atom is 0.301 e. The molecule has 3 aromatic heterocycles. The molecule has 10 nitrogen and oxygen atoms in total. The van der Waals surface area contributed by atoms with Crippen molar-refractivity contribution in [1.29, 1.82) is 0 Å². The minimum absolute atomic E-state index is 0.0782. The zero-order chi connectivity index (χ0) is 32.5. The minimum Gasteiger partial charge on any atom is -0.505 e. The van der Waals surface area contributed by atoms with Crippen LogP contribution >= 0.6 is 11.3 Å². The molecule has 1 atom stereocenters. The molecule has 1 saturated heterocycles. The molecule has 0 radical (unpaired) electrons. The first kappa shape index (κ1) is 31.1. The molecule has 1 aliphatic heterocycles. The van der Waals surface area contributed by atoms with Crippen molar-refractivity contribution in [3.8, 4) is 17.2 Å². The number of fused-ring (bicyclic) bond motifs is 2. The highest BCUT2D eigenvalue weighted by Gasteiger charge is 2.49. The Balaban J connectivity index is 1.55. The van der Waals surface area contributed by atoms with Crippen LogP contribution in [-0.4, -0.2) is 51.0 Å². The van der Waals surface area contributed by atoms with Crippen molar-refractivity contribution in [1.82, 2.24) is 14.4 Å². The Morgan fingerprint density at radius 1 is 0.957 bits per heavy atom. The van der Waals surface area contributed by atoms with E-state index in [0.717, 1.165) is 23.1 Å². The fourth-order valence-electron chi connectivity index (χ4n) is 5.68. The summed E-state index contributed by atoms with van der Waals surface area (Å²) in [5.41, 5.74) is 3.56. The number of ether oxygens (including phenoxy) is 3. The summed E-state index contributed by atoms with van der Waals surface area (Å²) in [4.78, 5) is 38.7. The largest absolute Gasteiger partial charge is 0.505 e. The monoisotopic (exact) mass is 640 g/mol. The summed E-state index contributed by atoms with van der Waals surface area (Å²) in [6.07, 6.45) is 3.71. The number of aliphatic hydroxyl groups is 1. The van der Waals surface area contributed by atoms with E-state index >= 15 is 0 Å². The number of hydrogen-bond acceptors (Lipinski definition) is 9. The van der Waals surface area contributed by atoms with Gasteiger partial charge in [0, 0.05) is 6.20 Å². The van der Waals surface area contributed by atoms with Crippen molar-refractivity contribution < 1.29 is 28.9 Å². The van der Waals surface area contributed by atoms with E-state index in [-0.39, 0.29) is 17.0 Å². The maximum absolute atomic E-state index is 13.9. The molecule has 1 N–H and O–H groups in total. The second-order valence-electron chi connectivity index (χ2n) is 11.0.